The van der Waals surface area contributed by atoms with E-state index in [0.717, 1.165) is 18.2 Å². The van der Waals surface area contributed by atoms with Crippen LogP contribution in [0.25, 0.3) is 22.3 Å². The number of oxime groups is 1. The SMILES string of the molecule is NC(=NO)c1cc(Cl)cc(-c2ccc(O)cc2)c1-c1cc(F)ccc1F. The minimum Gasteiger partial charge on any atom is -0.508 e. The molecule has 0 atom stereocenters. The lowest BCUT2D eigenvalue weighted by atomic mass is 9.89. The van der Waals surface area contributed by atoms with Gasteiger partial charge in [-0.25, -0.2) is 8.78 Å². The molecule has 26 heavy (non-hydrogen) atoms. The monoisotopic (exact) mass is 374 g/mol. The third-order valence-electron chi connectivity index (χ3n) is 3.86. The van der Waals surface area contributed by atoms with E-state index in [1.165, 1.54) is 18.2 Å². The first-order valence-corrected chi connectivity index (χ1v) is 7.84. The number of nitrogens with two attached hydrogens (primary N) is 1. The molecule has 0 saturated heterocycles. The van der Waals surface area contributed by atoms with Crippen molar-refractivity contribution in [1.82, 2.24) is 0 Å². The van der Waals surface area contributed by atoms with E-state index in [-0.39, 0.29) is 33.3 Å². The van der Waals surface area contributed by atoms with E-state index < -0.39 is 11.6 Å². The maximum absolute atomic E-state index is 14.5. The van der Waals surface area contributed by atoms with Gasteiger partial charge in [-0.2, -0.15) is 0 Å². The minimum absolute atomic E-state index is 0.0472. The Morgan fingerprint density at radius 2 is 1.65 bits per heavy atom. The Labute approximate surface area is 152 Å². The summed E-state index contributed by atoms with van der Waals surface area (Å²) >= 11 is 6.15. The van der Waals surface area contributed by atoms with Crippen molar-refractivity contribution in [3.8, 4) is 28.0 Å². The summed E-state index contributed by atoms with van der Waals surface area (Å²) in [5, 5.41) is 21.8. The van der Waals surface area contributed by atoms with Gasteiger partial charge in [0.25, 0.3) is 0 Å². The van der Waals surface area contributed by atoms with Gasteiger partial charge < -0.3 is 16.0 Å². The van der Waals surface area contributed by atoms with E-state index in [1.54, 1.807) is 18.2 Å². The zero-order chi connectivity index (χ0) is 18.8. The van der Waals surface area contributed by atoms with Crippen LogP contribution in [0.5, 0.6) is 5.75 Å². The van der Waals surface area contributed by atoms with Gasteiger partial charge in [-0.3, -0.25) is 0 Å². The molecule has 4 N–H and O–H groups in total. The first-order valence-electron chi connectivity index (χ1n) is 7.47. The van der Waals surface area contributed by atoms with Crippen LogP contribution in [-0.2, 0) is 0 Å². The Morgan fingerprint density at radius 1 is 0.962 bits per heavy atom. The molecule has 4 nitrogen and oxygen atoms in total. The molecule has 7 heteroatoms. The van der Waals surface area contributed by atoms with Crippen molar-refractivity contribution in [2.75, 3.05) is 0 Å². The molecule has 3 rings (SSSR count). The molecule has 3 aromatic rings. The van der Waals surface area contributed by atoms with Crippen molar-refractivity contribution < 1.29 is 19.1 Å². The highest BCUT2D eigenvalue weighted by Gasteiger charge is 2.20. The number of amidine groups is 1. The third kappa shape index (κ3) is 3.32. The van der Waals surface area contributed by atoms with Gasteiger partial charge in [0.1, 0.15) is 17.4 Å². The Hall–Kier alpha value is -3.12. The Bertz CT molecular complexity index is 1010. The number of nitrogens with zero attached hydrogens (tertiary/aromatic N) is 1. The summed E-state index contributed by atoms with van der Waals surface area (Å²) in [6, 6.07) is 12.1. The number of rotatable bonds is 3. The molecule has 0 aliphatic heterocycles. The summed E-state index contributed by atoms with van der Waals surface area (Å²) in [5.74, 6) is -1.57. The van der Waals surface area contributed by atoms with Gasteiger partial charge in [0.05, 0.1) is 0 Å². The molecule has 0 saturated carbocycles. The largest absolute Gasteiger partial charge is 0.508 e. The predicted molar refractivity (Wildman–Crippen MR) is 96.4 cm³/mol. The van der Waals surface area contributed by atoms with Crippen LogP contribution in [0.2, 0.25) is 5.02 Å². The Morgan fingerprint density at radius 3 is 2.31 bits per heavy atom. The van der Waals surface area contributed by atoms with Crippen LogP contribution in [0.1, 0.15) is 5.56 Å². The summed E-state index contributed by atoms with van der Waals surface area (Å²) in [6.07, 6.45) is 0. The Balaban J connectivity index is 2.42. The average molecular weight is 375 g/mol. The number of phenols is 1. The van der Waals surface area contributed by atoms with E-state index in [4.69, 9.17) is 22.5 Å². The molecule has 0 radical (unpaired) electrons. The summed E-state index contributed by atoms with van der Waals surface area (Å²) in [5.41, 5.74) is 7.06. The summed E-state index contributed by atoms with van der Waals surface area (Å²) in [4.78, 5) is 0. The second-order valence-electron chi connectivity index (χ2n) is 5.53. The fraction of sp³-hybridized carbons (Fsp3) is 0. The highest BCUT2D eigenvalue weighted by Crippen LogP contribution is 2.39. The number of aromatic hydroxyl groups is 1. The molecule has 0 unspecified atom stereocenters. The van der Waals surface area contributed by atoms with Crippen LogP contribution in [0.15, 0.2) is 59.8 Å². The first kappa shape index (κ1) is 17.7. The summed E-state index contributed by atoms with van der Waals surface area (Å²) in [7, 11) is 0. The molecule has 0 bridgehead atoms. The first-order chi connectivity index (χ1) is 12.4. The van der Waals surface area contributed by atoms with Crippen molar-refractivity contribution in [3.05, 3.63) is 76.8 Å². The summed E-state index contributed by atoms with van der Waals surface area (Å²) < 4.78 is 28.3. The van der Waals surface area contributed by atoms with E-state index in [9.17, 15) is 13.9 Å². The zero-order valence-corrected chi connectivity index (χ0v) is 14.0. The molecule has 132 valence electrons. The van der Waals surface area contributed by atoms with E-state index in [0.29, 0.717) is 11.1 Å². The van der Waals surface area contributed by atoms with E-state index >= 15 is 0 Å². The van der Waals surface area contributed by atoms with Crippen LogP contribution in [-0.4, -0.2) is 16.1 Å². The second kappa shape index (κ2) is 7.01. The van der Waals surface area contributed by atoms with Crippen molar-refractivity contribution in [2.45, 2.75) is 0 Å². The van der Waals surface area contributed by atoms with Gasteiger partial charge in [0.15, 0.2) is 5.84 Å². The molecule has 0 aliphatic rings. The molecule has 0 heterocycles. The predicted octanol–water partition coefficient (Wildman–Crippen LogP) is 4.75. The number of halogens is 3. The van der Waals surface area contributed by atoms with Crippen molar-refractivity contribution in [1.29, 1.82) is 0 Å². The molecule has 3 aromatic carbocycles. The molecule has 0 fully saturated rings. The van der Waals surface area contributed by atoms with E-state index in [2.05, 4.69) is 5.16 Å². The smallest absolute Gasteiger partial charge is 0.170 e. The molecule has 0 amide bonds. The van der Waals surface area contributed by atoms with Crippen LogP contribution in [0, 0.1) is 11.6 Å². The van der Waals surface area contributed by atoms with Gasteiger partial charge in [0, 0.05) is 21.7 Å². The highest BCUT2D eigenvalue weighted by atomic mass is 35.5. The lowest BCUT2D eigenvalue weighted by molar-refractivity contribution is 0.318. The number of phenolic OH excluding ortho intramolecular Hbond substituents is 1. The second-order valence-corrected chi connectivity index (χ2v) is 5.97. The van der Waals surface area contributed by atoms with Crippen molar-refractivity contribution in [3.63, 3.8) is 0 Å². The number of hydrogen-bond donors (Lipinski definition) is 3. The van der Waals surface area contributed by atoms with Crippen LogP contribution >= 0.6 is 11.6 Å². The average Bonchev–Trinajstić information content (AvgIpc) is 2.63. The van der Waals surface area contributed by atoms with Gasteiger partial charge in [0.2, 0.25) is 0 Å². The molecule has 0 aromatic heterocycles. The fourth-order valence-corrected chi connectivity index (χ4v) is 2.93. The topological polar surface area (TPSA) is 78.8 Å². The number of benzene rings is 3. The minimum atomic E-state index is -0.680. The number of hydrogen-bond acceptors (Lipinski definition) is 3. The van der Waals surface area contributed by atoms with Gasteiger partial charge in [-0.1, -0.05) is 28.9 Å². The highest BCUT2D eigenvalue weighted by molar-refractivity contribution is 6.31. The Kier molecular flexibility index (Phi) is 4.77. The van der Waals surface area contributed by atoms with Crippen molar-refractivity contribution >= 4 is 17.4 Å². The fourth-order valence-electron chi connectivity index (χ4n) is 2.71. The van der Waals surface area contributed by atoms with Crippen LogP contribution in [0.4, 0.5) is 8.78 Å². The summed E-state index contributed by atoms with van der Waals surface area (Å²) in [6.45, 7) is 0. The molecule has 0 aliphatic carbocycles. The van der Waals surface area contributed by atoms with E-state index in [1.807, 2.05) is 0 Å². The molecule has 0 spiro atoms. The molecular weight excluding hydrogens is 362 g/mol. The zero-order valence-electron chi connectivity index (χ0n) is 13.2. The quantitative estimate of drug-likeness (QED) is 0.268. The maximum atomic E-state index is 14.5. The van der Waals surface area contributed by atoms with Crippen molar-refractivity contribution in [2.24, 2.45) is 10.9 Å². The lowest BCUT2D eigenvalue weighted by Gasteiger charge is -2.16. The third-order valence-corrected chi connectivity index (χ3v) is 4.08. The van der Waals surface area contributed by atoms with Crippen LogP contribution < -0.4 is 5.73 Å². The normalized spacial score (nSPS) is 11.6. The lowest BCUT2D eigenvalue weighted by Crippen LogP contribution is -2.15. The van der Waals surface area contributed by atoms with Gasteiger partial charge in [-0.15, -0.1) is 0 Å². The molecular formula is C19H13ClF2N2O2. The maximum Gasteiger partial charge on any atom is 0.170 e. The standard InChI is InChI=1S/C19H13ClF2N2O2/c20-11-7-14(10-1-4-13(25)5-2-10)18(16(8-11)19(23)24-26)15-9-12(21)3-6-17(15)22/h1-9,25-26H,(H2,23,24). The van der Waals surface area contributed by atoms with Gasteiger partial charge in [-0.05, 0) is 53.6 Å². The van der Waals surface area contributed by atoms with Crippen LogP contribution in [0.3, 0.4) is 0 Å². The van der Waals surface area contributed by atoms with Gasteiger partial charge >= 0.3 is 0 Å².